The molecular weight excluding hydrogens is 244 g/mol. The molecule has 2 N–H and O–H groups in total. The minimum Gasteiger partial charge on any atom is -0.507 e. The molecule has 0 bridgehead atoms. The van der Waals surface area contributed by atoms with Gasteiger partial charge in [-0.1, -0.05) is 0 Å². The van der Waals surface area contributed by atoms with Gasteiger partial charge in [0.15, 0.2) is 0 Å². The first-order chi connectivity index (χ1) is 8.77. The van der Waals surface area contributed by atoms with Crippen molar-refractivity contribution in [3.63, 3.8) is 0 Å². The summed E-state index contributed by atoms with van der Waals surface area (Å²) in [5.74, 6) is 0.136. The highest BCUT2D eigenvalue weighted by Crippen LogP contribution is 2.23. The third kappa shape index (κ3) is 3.86. The Hall–Kier alpha value is -1.75. The lowest BCUT2D eigenvalue weighted by Crippen LogP contribution is -2.48. The Morgan fingerprint density at radius 3 is 2.53 bits per heavy atom. The van der Waals surface area contributed by atoms with Crippen LogP contribution >= 0.6 is 0 Å². The molecule has 0 saturated heterocycles. The maximum atomic E-state index is 12.0. The maximum absolute atomic E-state index is 12.0. The van der Waals surface area contributed by atoms with Crippen LogP contribution in [0, 0.1) is 0 Å². The fourth-order valence-electron chi connectivity index (χ4n) is 1.38. The number of ether oxygens (including phenoxy) is 1. The second-order valence-electron chi connectivity index (χ2n) is 5.27. The van der Waals surface area contributed by atoms with Crippen LogP contribution < -0.4 is 10.1 Å². The van der Waals surface area contributed by atoms with Crippen LogP contribution in [0.15, 0.2) is 18.2 Å². The average Bonchev–Trinajstić information content (AvgIpc) is 2.35. The molecule has 106 valence electrons. The van der Waals surface area contributed by atoms with Gasteiger partial charge in [-0.25, -0.2) is 0 Å². The number of hydrogen-bond acceptors (Lipinski definition) is 4. The van der Waals surface area contributed by atoms with Crippen LogP contribution in [0.5, 0.6) is 11.5 Å². The molecule has 0 radical (unpaired) electrons. The van der Waals surface area contributed by atoms with Crippen molar-refractivity contribution in [1.82, 2.24) is 10.2 Å². The molecule has 0 fully saturated rings. The lowest BCUT2D eigenvalue weighted by Gasteiger charge is -2.32. The zero-order valence-electron chi connectivity index (χ0n) is 12.2. The van der Waals surface area contributed by atoms with E-state index in [1.807, 2.05) is 32.8 Å². The van der Waals surface area contributed by atoms with E-state index >= 15 is 0 Å². The highest BCUT2D eigenvalue weighted by atomic mass is 16.5. The van der Waals surface area contributed by atoms with Gasteiger partial charge >= 0.3 is 0 Å². The van der Waals surface area contributed by atoms with Crippen LogP contribution in [-0.4, -0.2) is 49.2 Å². The first-order valence-electron chi connectivity index (χ1n) is 6.10. The second kappa shape index (κ2) is 5.93. The zero-order valence-corrected chi connectivity index (χ0v) is 12.2. The number of methoxy groups -OCH3 is 1. The molecule has 1 amide bonds. The molecule has 19 heavy (non-hydrogen) atoms. The maximum Gasteiger partial charge on any atom is 0.255 e. The van der Waals surface area contributed by atoms with Crippen LogP contribution in [-0.2, 0) is 0 Å². The second-order valence-corrected chi connectivity index (χ2v) is 5.27. The molecule has 1 rings (SSSR count). The highest BCUT2D eigenvalue weighted by molar-refractivity contribution is 5.97. The molecule has 0 unspecified atom stereocenters. The molecule has 5 heteroatoms. The molecule has 1 aromatic rings. The molecule has 0 saturated carbocycles. The van der Waals surface area contributed by atoms with E-state index in [1.54, 1.807) is 12.1 Å². The summed E-state index contributed by atoms with van der Waals surface area (Å²) in [7, 11) is 5.42. The Morgan fingerprint density at radius 1 is 1.42 bits per heavy atom. The highest BCUT2D eigenvalue weighted by Gasteiger charge is 2.22. The number of amides is 1. The van der Waals surface area contributed by atoms with Gasteiger partial charge in [0, 0.05) is 18.2 Å². The number of carbonyl (C=O) groups is 1. The SMILES string of the molecule is COc1ccc(C(=O)NCC(C)(C)N(C)C)c(O)c1. The molecule has 0 aliphatic heterocycles. The summed E-state index contributed by atoms with van der Waals surface area (Å²) in [6.45, 7) is 4.55. The van der Waals surface area contributed by atoms with E-state index in [-0.39, 0.29) is 22.8 Å². The topological polar surface area (TPSA) is 61.8 Å². The summed E-state index contributed by atoms with van der Waals surface area (Å²) in [5.41, 5.74) is 0.0907. The standard InChI is InChI=1S/C14H22N2O3/c1-14(2,16(3)4)9-15-13(18)11-7-6-10(19-5)8-12(11)17/h6-8,17H,9H2,1-5H3,(H,15,18). The Balaban J connectivity index is 2.74. The van der Waals surface area contributed by atoms with Crippen molar-refractivity contribution in [2.75, 3.05) is 27.7 Å². The van der Waals surface area contributed by atoms with Gasteiger partial charge in [-0.15, -0.1) is 0 Å². The molecule has 1 aromatic carbocycles. The first-order valence-corrected chi connectivity index (χ1v) is 6.10. The van der Waals surface area contributed by atoms with Gasteiger partial charge in [0.25, 0.3) is 5.91 Å². The number of likely N-dealkylation sites (N-methyl/N-ethyl adjacent to an activating group) is 1. The quantitative estimate of drug-likeness (QED) is 0.847. The largest absolute Gasteiger partial charge is 0.507 e. The van der Waals surface area contributed by atoms with Gasteiger partial charge in [0.05, 0.1) is 12.7 Å². The van der Waals surface area contributed by atoms with E-state index in [9.17, 15) is 9.90 Å². The number of phenolic OH excluding ortho intramolecular Hbond substituents is 1. The third-order valence-corrected chi connectivity index (χ3v) is 3.34. The predicted octanol–water partition coefficient (Wildman–Crippen LogP) is 1.47. The van der Waals surface area contributed by atoms with Crippen LogP contribution in [0.1, 0.15) is 24.2 Å². The average molecular weight is 266 g/mol. The van der Waals surface area contributed by atoms with Gasteiger partial charge in [-0.3, -0.25) is 4.79 Å². The van der Waals surface area contributed by atoms with Gasteiger partial charge in [-0.05, 0) is 40.1 Å². The molecule has 0 heterocycles. The van der Waals surface area contributed by atoms with Crippen molar-refractivity contribution < 1.29 is 14.6 Å². The van der Waals surface area contributed by atoms with Crippen LogP contribution in [0.2, 0.25) is 0 Å². The van der Waals surface area contributed by atoms with E-state index in [4.69, 9.17) is 4.74 Å². The van der Waals surface area contributed by atoms with Crippen LogP contribution in [0.4, 0.5) is 0 Å². The van der Waals surface area contributed by atoms with Gasteiger partial charge in [-0.2, -0.15) is 0 Å². The lowest BCUT2D eigenvalue weighted by atomic mass is 10.0. The fourth-order valence-corrected chi connectivity index (χ4v) is 1.38. The molecule has 0 atom stereocenters. The van der Waals surface area contributed by atoms with Crippen molar-refractivity contribution in [1.29, 1.82) is 0 Å². The van der Waals surface area contributed by atoms with Gasteiger partial charge in [0.1, 0.15) is 11.5 Å². The summed E-state index contributed by atoms with van der Waals surface area (Å²) >= 11 is 0. The number of nitrogens with zero attached hydrogens (tertiary/aromatic N) is 1. The minimum atomic E-state index is -0.296. The third-order valence-electron chi connectivity index (χ3n) is 3.34. The Bertz CT molecular complexity index is 456. The molecular formula is C14H22N2O3. The normalized spacial score (nSPS) is 11.5. The smallest absolute Gasteiger partial charge is 0.255 e. The monoisotopic (exact) mass is 266 g/mol. The number of hydrogen-bond donors (Lipinski definition) is 2. The fraction of sp³-hybridized carbons (Fsp3) is 0.500. The van der Waals surface area contributed by atoms with Crippen molar-refractivity contribution in [3.8, 4) is 11.5 Å². The summed E-state index contributed by atoms with van der Waals surface area (Å²) in [4.78, 5) is 14.0. The van der Waals surface area contributed by atoms with Crippen molar-refractivity contribution in [2.24, 2.45) is 0 Å². The van der Waals surface area contributed by atoms with Crippen molar-refractivity contribution in [3.05, 3.63) is 23.8 Å². The van der Waals surface area contributed by atoms with Crippen LogP contribution in [0.3, 0.4) is 0 Å². The summed E-state index contributed by atoms with van der Waals surface area (Å²) in [6.07, 6.45) is 0. The number of carbonyl (C=O) groups excluding carboxylic acids is 1. The van der Waals surface area contributed by atoms with E-state index in [0.717, 1.165) is 0 Å². The summed E-state index contributed by atoms with van der Waals surface area (Å²) in [6, 6.07) is 4.61. The molecule has 5 nitrogen and oxygen atoms in total. The van der Waals surface area contributed by atoms with Crippen molar-refractivity contribution in [2.45, 2.75) is 19.4 Å². The summed E-state index contributed by atoms with van der Waals surface area (Å²) < 4.78 is 4.98. The molecule has 0 aliphatic carbocycles. The van der Waals surface area contributed by atoms with Gasteiger partial charge in [0.2, 0.25) is 0 Å². The van der Waals surface area contributed by atoms with E-state index in [1.165, 1.54) is 13.2 Å². The Labute approximate surface area is 114 Å². The van der Waals surface area contributed by atoms with Gasteiger partial charge < -0.3 is 20.1 Å². The van der Waals surface area contributed by atoms with E-state index in [0.29, 0.717) is 12.3 Å². The first kappa shape index (κ1) is 15.3. The number of nitrogens with one attached hydrogen (secondary N) is 1. The zero-order chi connectivity index (χ0) is 14.6. The Morgan fingerprint density at radius 2 is 2.05 bits per heavy atom. The number of rotatable bonds is 5. The lowest BCUT2D eigenvalue weighted by molar-refractivity contribution is 0.0917. The molecule has 0 aromatic heterocycles. The predicted molar refractivity (Wildman–Crippen MR) is 74.8 cm³/mol. The van der Waals surface area contributed by atoms with E-state index in [2.05, 4.69) is 5.32 Å². The number of phenols is 1. The van der Waals surface area contributed by atoms with Crippen molar-refractivity contribution >= 4 is 5.91 Å². The molecule has 0 aliphatic rings. The van der Waals surface area contributed by atoms with E-state index < -0.39 is 0 Å². The molecule has 0 spiro atoms. The summed E-state index contributed by atoms with van der Waals surface area (Å²) in [5, 5.41) is 12.6. The minimum absolute atomic E-state index is 0.0838. The number of aromatic hydroxyl groups is 1. The van der Waals surface area contributed by atoms with Crippen LogP contribution in [0.25, 0.3) is 0 Å². The Kier molecular flexibility index (Phi) is 4.78. The number of benzene rings is 1.